The van der Waals surface area contributed by atoms with Crippen LogP contribution >= 0.6 is 0 Å². The molecule has 1 aromatic rings. The summed E-state index contributed by atoms with van der Waals surface area (Å²) in [5.74, 6) is 0.732. The number of rotatable bonds is 4. The van der Waals surface area contributed by atoms with Crippen LogP contribution in [0.4, 0.5) is 5.69 Å². The van der Waals surface area contributed by atoms with Crippen LogP contribution in [0.1, 0.15) is 32.0 Å². The second kappa shape index (κ2) is 5.32. The molecule has 1 aromatic heterocycles. The molecule has 0 fully saturated rings. The van der Waals surface area contributed by atoms with Gasteiger partial charge < -0.3 is 5.32 Å². The van der Waals surface area contributed by atoms with E-state index in [2.05, 4.69) is 22.2 Å². The molecular formula is C10H15N3O. The maximum atomic E-state index is 11.3. The fourth-order valence-electron chi connectivity index (χ4n) is 1.02. The smallest absolute Gasteiger partial charge is 0.224 e. The lowest BCUT2D eigenvalue weighted by Gasteiger charge is -2.03. The average molecular weight is 193 g/mol. The average Bonchev–Trinajstić information content (AvgIpc) is 2.18. The zero-order valence-electron chi connectivity index (χ0n) is 8.58. The monoisotopic (exact) mass is 193 g/mol. The number of hydrogen-bond acceptors (Lipinski definition) is 3. The van der Waals surface area contributed by atoms with Crippen LogP contribution in [-0.4, -0.2) is 15.9 Å². The van der Waals surface area contributed by atoms with Gasteiger partial charge in [0.25, 0.3) is 0 Å². The molecule has 1 rings (SSSR count). The molecule has 0 aromatic carbocycles. The van der Waals surface area contributed by atoms with E-state index in [0.29, 0.717) is 17.9 Å². The summed E-state index contributed by atoms with van der Waals surface area (Å²) in [5, 5.41) is 2.74. The van der Waals surface area contributed by atoms with Crippen molar-refractivity contribution in [2.45, 2.75) is 33.1 Å². The van der Waals surface area contributed by atoms with Crippen molar-refractivity contribution >= 4 is 11.6 Å². The molecule has 14 heavy (non-hydrogen) atoms. The molecule has 0 aliphatic rings. The summed E-state index contributed by atoms with van der Waals surface area (Å²) < 4.78 is 0. The molecular weight excluding hydrogens is 178 g/mol. The highest BCUT2D eigenvalue weighted by Crippen LogP contribution is 2.04. The van der Waals surface area contributed by atoms with Crippen molar-refractivity contribution < 1.29 is 4.79 Å². The van der Waals surface area contributed by atoms with Gasteiger partial charge in [0, 0.05) is 6.42 Å². The molecule has 0 aliphatic carbocycles. The van der Waals surface area contributed by atoms with Crippen LogP contribution < -0.4 is 5.32 Å². The number of aryl methyl sites for hydroxylation is 1. The van der Waals surface area contributed by atoms with Gasteiger partial charge in [-0.05, 0) is 13.3 Å². The number of anilines is 1. The quantitative estimate of drug-likeness (QED) is 0.794. The highest BCUT2D eigenvalue weighted by molar-refractivity contribution is 5.90. The highest BCUT2D eigenvalue weighted by atomic mass is 16.1. The molecule has 0 spiro atoms. The summed E-state index contributed by atoms with van der Waals surface area (Å²) in [6, 6.07) is 0. The van der Waals surface area contributed by atoms with E-state index in [0.717, 1.165) is 12.8 Å². The van der Waals surface area contributed by atoms with Gasteiger partial charge in [-0.3, -0.25) is 4.79 Å². The van der Waals surface area contributed by atoms with Crippen molar-refractivity contribution in [2.24, 2.45) is 0 Å². The molecule has 0 bridgehead atoms. The van der Waals surface area contributed by atoms with Gasteiger partial charge in [-0.25, -0.2) is 9.97 Å². The van der Waals surface area contributed by atoms with E-state index < -0.39 is 0 Å². The van der Waals surface area contributed by atoms with Crippen LogP contribution in [0.15, 0.2) is 12.4 Å². The van der Waals surface area contributed by atoms with Gasteiger partial charge in [0.1, 0.15) is 5.82 Å². The summed E-state index contributed by atoms with van der Waals surface area (Å²) in [6.07, 6.45) is 5.74. The summed E-state index contributed by atoms with van der Waals surface area (Å²) in [6.45, 7) is 3.87. The maximum Gasteiger partial charge on any atom is 0.224 e. The summed E-state index contributed by atoms with van der Waals surface area (Å²) in [4.78, 5) is 19.3. The summed E-state index contributed by atoms with van der Waals surface area (Å²) >= 11 is 0. The standard InChI is InChI=1S/C10H15N3O/c1-3-4-5-10(14)13-9-6-11-8(2)12-7-9/h6-7H,3-5H2,1-2H3,(H,13,14). The minimum Gasteiger partial charge on any atom is -0.323 e. The Labute approximate surface area is 83.8 Å². The topological polar surface area (TPSA) is 54.9 Å². The third kappa shape index (κ3) is 3.51. The maximum absolute atomic E-state index is 11.3. The van der Waals surface area contributed by atoms with E-state index in [1.807, 2.05) is 6.92 Å². The number of nitrogens with zero attached hydrogens (tertiary/aromatic N) is 2. The van der Waals surface area contributed by atoms with Crippen LogP contribution in [0.25, 0.3) is 0 Å². The molecule has 0 aliphatic heterocycles. The zero-order chi connectivity index (χ0) is 10.4. The Balaban J connectivity index is 2.44. The first-order valence-electron chi connectivity index (χ1n) is 4.81. The minimum atomic E-state index is 0.0271. The number of amides is 1. The Morgan fingerprint density at radius 3 is 2.64 bits per heavy atom. The number of hydrogen-bond donors (Lipinski definition) is 1. The first kappa shape index (κ1) is 10.6. The van der Waals surface area contributed by atoms with Gasteiger partial charge in [-0.15, -0.1) is 0 Å². The molecule has 1 amide bonds. The lowest BCUT2D eigenvalue weighted by molar-refractivity contribution is -0.116. The Kier molecular flexibility index (Phi) is 4.04. The van der Waals surface area contributed by atoms with Gasteiger partial charge >= 0.3 is 0 Å². The Bertz CT molecular complexity index is 295. The van der Waals surface area contributed by atoms with Gasteiger partial charge in [0.2, 0.25) is 5.91 Å². The molecule has 0 saturated carbocycles. The second-order valence-electron chi connectivity index (χ2n) is 3.17. The van der Waals surface area contributed by atoms with E-state index in [1.54, 1.807) is 12.4 Å². The first-order chi connectivity index (χ1) is 6.72. The molecule has 1 N–H and O–H groups in total. The van der Waals surface area contributed by atoms with Gasteiger partial charge in [-0.1, -0.05) is 13.3 Å². The van der Waals surface area contributed by atoms with E-state index in [4.69, 9.17) is 0 Å². The van der Waals surface area contributed by atoms with E-state index in [9.17, 15) is 4.79 Å². The number of carbonyl (C=O) groups is 1. The van der Waals surface area contributed by atoms with Crippen LogP contribution in [0.5, 0.6) is 0 Å². The molecule has 0 atom stereocenters. The first-order valence-corrected chi connectivity index (χ1v) is 4.81. The molecule has 0 saturated heterocycles. The van der Waals surface area contributed by atoms with E-state index in [-0.39, 0.29) is 5.91 Å². The van der Waals surface area contributed by atoms with Crippen LogP contribution in [0.2, 0.25) is 0 Å². The fourth-order valence-corrected chi connectivity index (χ4v) is 1.02. The van der Waals surface area contributed by atoms with Crippen molar-refractivity contribution in [1.82, 2.24) is 9.97 Å². The Hall–Kier alpha value is -1.45. The van der Waals surface area contributed by atoms with Gasteiger partial charge in [-0.2, -0.15) is 0 Å². The van der Waals surface area contributed by atoms with Crippen molar-refractivity contribution in [3.05, 3.63) is 18.2 Å². The predicted octanol–water partition coefficient (Wildman–Crippen LogP) is 1.91. The lowest BCUT2D eigenvalue weighted by Crippen LogP contribution is -2.11. The van der Waals surface area contributed by atoms with E-state index in [1.165, 1.54) is 0 Å². The molecule has 4 nitrogen and oxygen atoms in total. The van der Waals surface area contributed by atoms with E-state index >= 15 is 0 Å². The number of unbranched alkanes of at least 4 members (excludes halogenated alkanes) is 1. The largest absolute Gasteiger partial charge is 0.323 e. The number of carbonyl (C=O) groups excluding carboxylic acids is 1. The van der Waals surface area contributed by atoms with Crippen LogP contribution in [0.3, 0.4) is 0 Å². The summed E-state index contributed by atoms with van der Waals surface area (Å²) in [7, 11) is 0. The predicted molar refractivity (Wildman–Crippen MR) is 54.9 cm³/mol. The third-order valence-corrected chi connectivity index (χ3v) is 1.82. The Morgan fingerprint density at radius 2 is 2.07 bits per heavy atom. The second-order valence-corrected chi connectivity index (χ2v) is 3.17. The summed E-state index contributed by atoms with van der Waals surface area (Å²) in [5.41, 5.74) is 0.664. The minimum absolute atomic E-state index is 0.0271. The molecule has 0 unspecified atom stereocenters. The van der Waals surface area contributed by atoms with Gasteiger partial charge in [0.15, 0.2) is 0 Å². The van der Waals surface area contributed by atoms with Crippen molar-refractivity contribution in [3.8, 4) is 0 Å². The van der Waals surface area contributed by atoms with Crippen LogP contribution in [0, 0.1) is 6.92 Å². The third-order valence-electron chi connectivity index (χ3n) is 1.82. The SMILES string of the molecule is CCCCC(=O)Nc1cnc(C)nc1. The van der Waals surface area contributed by atoms with Gasteiger partial charge in [0.05, 0.1) is 18.1 Å². The van der Waals surface area contributed by atoms with Crippen LogP contribution in [-0.2, 0) is 4.79 Å². The van der Waals surface area contributed by atoms with Crippen molar-refractivity contribution in [1.29, 1.82) is 0 Å². The molecule has 4 heteroatoms. The lowest BCUT2D eigenvalue weighted by atomic mass is 10.2. The normalized spacial score (nSPS) is 9.86. The molecule has 76 valence electrons. The van der Waals surface area contributed by atoms with Crippen molar-refractivity contribution in [2.75, 3.05) is 5.32 Å². The molecule has 1 heterocycles. The Morgan fingerprint density at radius 1 is 1.43 bits per heavy atom. The van der Waals surface area contributed by atoms with Crippen molar-refractivity contribution in [3.63, 3.8) is 0 Å². The molecule has 0 radical (unpaired) electrons. The fraction of sp³-hybridized carbons (Fsp3) is 0.500. The number of aromatic nitrogens is 2. The highest BCUT2D eigenvalue weighted by Gasteiger charge is 2.01. The zero-order valence-corrected chi connectivity index (χ0v) is 8.58. The number of nitrogens with one attached hydrogen (secondary N) is 1.